The van der Waals surface area contributed by atoms with E-state index in [-0.39, 0.29) is 17.9 Å². The molecule has 0 radical (unpaired) electrons. The Labute approximate surface area is 175 Å². The number of esters is 1. The van der Waals surface area contributed by atoms with Gasteiger partial charge in [0.15, 0.2) is 5.16 Å². The molecule has 0 atom stereocenters. The average molecular weight is 430 g/mol. The van der Waals surface area contributed by atoms with E-state index < -0.39 is 5.97 Å². The van der Waals surface area contributed by atoms with Crippen molar-refractivity contribution in [3.05, 3.63) is 50.6 Å². The molecule has 0 unspecified atom stereocenters. The number of hydrogen-bond acceptors (Lipinski definition) is 8. The minimum absolute atomic E-state index is 0.162. The molecule has 0 saturated carbocycles. The summed E-state index contributed by atoms with van der Waals surface area (Å²) < 4.78 is 11.8. The van der Waals surface area contributed by atoms with Crippen LogP contribution >= 0.6 is 23.1 Å². The van der Waals surface area contributed by atoms with Crippen LogP contribution in [0, 0.1) is 18.3 Å². The summed E-state index contributed by atoms with van der Waals surface area (Å²) in [7, 11) is 1.59. The molecule has 0 spiro atoms. The molecule has 0 N–H and O–H groups in total. The summed E-state index contributed by atoms with van der Waals surface area (Å²) in [6.07, 6.45) is 0. The third-order valence-electron chi connectivity index (χ3n) is 4.24. The molecule has 29 heavy (non-hydrogen) atoms. The maximum Gasteiger partial charge on any atom is 0.348 e. The molecular formula is C20H19N3O4S2. The molecule has 0 saturated heterocycles. The number of carbonyl (C=O) groups excluding carboxylic acids is 1. The van der Waals surface area contributed by atoms with Gasteiger partial charge >= 0.3 is 5.97 Å². The molecule has 1 aromatic carbocycles. The van der Waals surface area contributed by atoms with E-state index in [1.165, 1.54) is 11.8 Å². The SMILES string of the molecule is CCOC(=O)c1sc2nc(SCC#N)n(Cc3ccc(OC)cc3)c(=O)c2c1C. The Hall–Kier alpha value is -2.83. The second-order valence-electron chi connectivity index (χ2n) is 6.04. The van der Waals surface area contributed by atoms with Crippen LogP contribution in [0.5, 0.6) is 5.75 Å². The van der Waals surface area contributed by atoms with Gasteiger partial charge in [0.1, 0.15) is 15.5 Å². The Kier molecular flexibility index (Phi) is 6.56. The summed E-state index contributed by atoms with van der Waals surface area (Å²) in [5.41, 5.74) is 1.23. The van der Waals surface area contributed by atoms with Crippen molar-refractivity contribution in [2.24, 2.45) is 0 Å². The lowest BCUT2D eigenvalue weighted by Gasteiger charge is -2.12. The van der Waals surface area contributed by atoms with Gasteiger partial charge in [-0.1, -0.05) is 23.9 Å². The topological polar surface area (TPSA) is 94.2 Å². The van der Waals surface area contributed by atoms with Crippen LogP contribution in [-0.2, 0) is 11.3 Å². The zero-order valence-corrected chi connectivity index (χ0v) is 17.9. The van der Waals surface area contributed by atoms with Gasteiger partial charge < -0.3 is 9.47 Å². The molecule has 2 heterocycles. The number of rotatable bonds is 7. The van der Waals surface area contributed by atoms with Crippen LogP contribution in [0.15, 0.2) is 34.2 Å². The van der Waals surface area contributed by atoms with Crippen molar-refractivity contribution in [1.29, 1.82) is 5.26 Å². The number of fused-ring (bicyclic) bond motifs is 1. The molecule has 0 bridgehead atoms. The second-order valence-corrected chi connectivity index (χ2v) is 7.98. The van der Waals surface area contributed by atoms with Gasteiger partial charge in [-0.2, -0.15) is 5.26 Å². The van der Waals surface area contributed by atoms with E-state index in [1.54, 1.807) is 25.5 Å². The van der Waals surface area contributed by atoms with Crippen molar-refractivity contribution in [2.75, 3.05) is 19.5 Å². The van der Waals surface area contributed by atoms with Crippen LogP contribution in [0.4, 0.5) is 0 Å². The lowest BCUT2D eigenvalue weighted by atomic mass is 10.2. The van der Waals surface area contributed by atoms with Crippen molar-refractivity contribution in [3.63, 3.8) is 0 Å². The van der Waals surface area contributed by atoms with E-state index in [1.807, 2.05) is 24.3 Å². The van der Waals surface area contributed by atoms with Gasteiger partial charge in [0, 0.05) is 0 Å². The third-order valence-corrected chi connectivity index (χ3v) is 6.25. The summed E-state index contributed by atoms with van der Waals surface area (Å²) in [5.74, 6) is 0.428. The lowest BCUT2D eigenvalue weighted by molar-refractivity contribution is 0.0531. The van der Waals surface area contributed by atoms with Gasteiger partial charge in [-0.3, -0.25) is 9.36 Å². The fourth-order valence-corrected chi connectivity index (χ4v) is 4.63. The van der Waals surface area contributed by atoms with Crippen molar-refractivity contribution in [3.8, 4) is 11.8 Å². The Morgan fingerprint density at radius 2 is 2.07 bits per heavy atom. The lowest BCUT2D eigenvalue weighted by Crippen LogP contribution is -2.24. The minimum Gasteiger partial charge on any atom is -0.497 e. The van der Waals surface area contributed by atoms with Crippen molar-refractivity contribution >= 4 is 39.3 Å². The molecule has 3 rings (SSSR count). The number of thioether (sulfide) groups is 1. The molecule has 150 valence electrons. The highest BCUT2D eigenvalue weighted by Gasteiger charge is 2.22. The summed E-state index contributed by atoms with van der Waals surface area (Å²) in [6.45, 7) is 4.01. The Balaban J connectivity index is 2.13. The van der Waals surface area contributed by atoms with Crippen LogP contribution in [0.25, 0.3) is 10.2 Å². The van der Waals surface area contributed by atoms with Gasteiger partial charge in [-0.05, 0) is 37.1 Å². The molecule has 9 heteroatoms. The zero-order valence-electron chi connectivity index (χ0n) is 16.2. The Bertz CT molecular complexity index is 1140. The molecule has 3 aromatic rings. The molecule has 0 fully saturated rings. The summed E-state index contributed by atoms with van der Waals surface area (Å²) in [4.78, 5) is 31.0. The molecule has 0 aliphatic carbocycles. The molecule has 7 nitrogen and oxygen atoms in total. The zero-order chi connectivity index (χ0) is 21.0. The summed E-state index contributed by atoms with van der Waals surface area (Å²) >= 11 is 2.34. The summed E-state index contributed by atoms with van der Waals surface area (Å²) in [5, 5.41) is 9.82. The normalized spacial score (nSPS) is 10.7. The van der Waals surface area contributed by atoms with E-state index in [2.05, 4.69) is 11.1 Å². The number of nitriles is 1. The van der Waals surface area contributed by atoms with E-state index in [0.29, 0.717) is 32.4 Å². The molecule has 0 aliphatic rings. The first-order chi connectivity index (χ1) is 14.0. The number of methoxy groups -OCH3 is 1. The first-order valence-electron chi connectivity index (χ1n) is 8.83. The average Bonchev–Trinajstić information content (AvgIpc) is 3.06. The van der Waals surface area contributed by atoms with Gasteiger partial charge in [0.2, 0.25) is 0 Å². The maximum atomic E-state index is 13.3. The van der Waals surface area contributed by atoms with Crippen molar-refractivity contribution in [2.45, 2.75) is 25.5 Å². The van der Waals surface area contributed by atoms with E-state index >= 15 is 0 Å². The largest absolute Gasteiger partial charge is 0.497 e. The number of ether oxygens (including phenoxy) is 2. The van der Waals surface area contributed by atoms with Crippen LogP contribution < -0.4 is 10.3 Å². The van der Waals surface area contributed by atoms with Crippen LogP contribution in [0.3, 0.4) is 0 Å². The van der Waals surface area contributed by atoms with Gasteiger partial charge in [0.05, 0.1) is 37.5 Å². The van der Waals surface area contributed by atoms with Crippen LogP contribution in [0.1, 0.15) is 27.7 Å². The van der Waals surface area contributed by atoms with E-state index in [9.17, 15) is 9.59 Å². The molecule has 2 aromatic heterocycles. The van der Waals surface area contributed by atoms with Gasteiger partial charge in [-0.25, -0.2) is 9.78 Å². The van der Waals surface area contributed by atoms with Gasteiger partial charge in [0.25, 0.3) is 5.56 Å². The van der Waals surface area contributed by atoms with E-state index in [4.69, 9.17) is 14.7 Å². The smallest absolute Gasteiger partial charge is 0.348 e. The molecular weight excluding hydrogens is 410 g/mol. The number of carbonyl (C=O) groups is 1. The minimum atomic E-state index is -0.458. The quantitative estimate of drug-likeness (QED) is 0.322. The predicted molar refractivity (Wildman–Crippen MR) is 113 cm³/mol. The first-order valence-corrected chi connectivity index (χ1v) is 10.6. The number of nitrogens with zero attached hydrogens (tertiary/aromatic N) is 3. The number of hydrogen-bond donors (Lipinski definition) is 0. The van der Waals surface area contributed by atoms with E-state index in [0.717, 1.165) is 22.6 Å². The molecule has 0 aliphatic heterocycles. The second kappa shape index (κ2) is 9.11. The van der Waals surface area contributed by atoms with Crippen LogP contribution in [0.2, 0.25) is 0 Å². The number of aromatic nitrogens is 2. The van der Waals surface area contributed by atoms with Crippen LogP contribution in [-0.4, -0.2) is 35.0 Å². The highest BCUT2D eigenvalue weighted by Crippen LogP contribution is 2.30. The maximum absolute atomic E-state index is 13.3. The first kappa shape index (κ1) is 20.9. The monoisotopic (exact) mass is 429 g/mol. The van der Waals surface area contributed by atoms with Gasteiger partial charge in [-0.15, -0.1) is 11.3 Å². The Morgan fingerprint density at radius 1 is 1.34 bits per heavy atom. The standard InChI is InChI=1S/C20H19N3O4S2/c1-4-27-19(25)16-12(2)15-17(29-16)22-20(28-10-9-21)23(18(15)24)11-13-5-7-14(26-3)8-6-13/h5-8H,4,10-11H2,1-3H3. The molecule has 0 amide bonds. The number of benzene rings is 1. The highest BCUT2D eigenvalue weighted by molar-refractivity contribution is 7.99. The van der Waals surface area contributed by atoms with Crippen molar-refractivity contribution < 1.29 is 14.3 Å². The Morgan fingerprint density at radius 3 is 2.69 bits per heavy atom. The third kappa shape index (κ3) is 4.28. The highest BCUT2D eigenvalue weighted by atomic mass is 32.2. The number of aryl methyl sites for hydroxylation is 1. The summed E-state index contributed by atoms with van der Waals surface area (Å²) in [6, 6.07) is 9.45. The fraction of sp³-hybridized carbons (Fsp3) is 0.300. The fourth-order valence-electron chi connectivity index (χ4n) is 2.85. The number of thiophene rings is 1. The predicted octanol–water partition coefficient (Wildman–Crippen LogP) is 3.62. The van der Waals surface area contributed by atoms with Crippen molar-refractivity contribution in [1.82, 2.24) is 9.55 Å².